The average molecular weight is 345 g/mol. The van der Waals surface area contributed by atoms with Gasteiger partial charge in [-0.1, -0.05) is 23.9 Å². The minimum Gasteiger partial charge on any atom is -0.550 e. The van der Waals surface area contributed by atoms with Crippen LogP contribution >= 0.6 is 11.8 Å². The second kappa shape index (κ2) is 7.40. The summed E-state index contributed by atoms with van der Waals surface area (Å²) in [6.45, 7) is 0. The van der Waals surface area contributed by atoms with Crippen molar-refractivity contribution in [3.05, 3.63) is 24.3 Å². The molecule has 100 valence electrons. The van der Waals surface area contributed by atoms with Gasteiger partial charge in [-0.05, 0) is 18.6 Å². The number of carboxylic acids is 2. The first kappa shape index (κ1) is 16.7. The molecule has 0 aliphatic heterocycles. The second-order valence-corrected chi connectivity index (χ2v) is 4.82. The number of hydrogen-bond donors (Lipinski definition) is 0. The van der Waals surface area contributed by atoms with Crippen molar-refractivity contribution in [2.75, 3.05) is 5.75 Å². The van der Waals surface area contributed by atoms with Crippen LogP contribution in [0.15, 0.2) is 33.9 Å². The Kier molecular flexibility index (Phi) is 6.17. The van der Waals surface area contributed by atoms with Crippen LogP contribution in [0.2, 0.25) is 0 Å². The number of thioether (sulfide) groups is 1. The van der Waals surface area contributed by atoms with Crippen molar-refractivity contribution in [2.24, 2.45) is 5.92 Å². The van der Waals surface area contributed by atoms with Crippen LogP contribution in [0.4, 0.5) is 0 Å². The van der Waals surface area contributed by atoms with Gasteiger partial charge in [-0.2, -0.15) is 0 Å². The van der Waals surface area contributed by atoms with E-state index in [1.54, 1.807) is 24.3 Å². The summed E-state index contributed by atoms with van der Waals surface area (Å²) in [7, 11) is 0. The maximum Gasteiger partial charge on any atom is 2.00 e. The van der Waals surface area contributed by atoms with Gasteiger partial charge in [0.1, 0.15) is 5.52 Å². The summed E-state index contributed by atoms with van der Waals surface area (Å²) in [6.07, 6.45) is -0.588. The molecule has 8 heteroatoms. The Labute approximate surface area is 131 Å². The molecule has 2 aromatic rings. The van der Waals surface area contributed by atoms with E-state index in [4.69, 9.17) is 4.42 Å². The average Bonchev–Trinajstić information content (AvgIpc) is 2.76. The van der Waals surface area contributed by atoms with Gasteiger partial charge < -0.3 is 24.2 Å². The Morgan fingerprint density at radius 2 is 2.00 bits per heavy atom. The number of aliphatic carboxylic acids is 2. The molecule has 1 aromatic carbocycles. The molecular formula is C12H9NO5SZn. The van der Waals surface area contributed by atoms with E-state index in [-0.39, 0.29) is 25.2 Å². The number of fused-ring (bicyclic) bond motifs is 1. The second-order valence-electron chi connectivity index (χ2n) is 3.85. The Morgan fingerprint density at radius 1 is 1.30 bits per heavy atom. The summed E-state index contributed by atoms with van der Waals surface area (Å²) in [4.78, 5) is 25.3. The molecule has 0 N–H and O–H groups in total. The first-order valence-electron chi connectivity index (χ1n) is 5.45. The maximum absolute atomic E-state index is 10.8. The van der Waals surface area contributed by atoms with Gasteiger partial charge in [0.15, 0.2) is 5.58 Å². The number of para-hydroxylation sites is 2. The van der Waals surface area contributed by atoms with Crippen LogP contribution in [0.25, 0.3) is 11.1 Å². The molecule has 6 nitrogen and oxygen atoms in total. The number of aromatic nitrogens is 1. The Hall–Kier alpha value is -1.40. The summed E-state index contributed by atoms with van der Waals surface area (Å²) in [5, 5.41) is 21.5. The van der Waals surface area contributed by atoms with Gasteiger partial charge in [0.25, 0.3) is 5.22 Å². The van der Waals surface area contributed by atoms with E-state index in [2.05, 4.69) is 4.98 Å². The van der Waals surface area contributed by atoms with Gasteiger partial charge in [-0.25, -0.2) is 4.98 Å². The number of oxazole rings is 1. The van der Waals surface area contributed by atoms with Crippen LogP contribution in [0.3, 0.4) is 0 Å². The number of nitrogens with zero attached hydrogens (tertiary/aromatic N) is 1. The molecule has 1 aromatic heterocycles. The molecule has 0 saturated heterocycles. The van der Waals surface area contributed by atoms with Crippen molar-refractivity contribution >= 4 is 34.8 Å². The van der Waals surface area contributed by atoms with Crippen molar-refractivity contribution in [1.29, 1.82) is 0 Å². The maximum atomic E-state index is 10.8. The van der Waals surface area contributed by atoms with Crippen LogP contribution in [-0.2, 0) is 29.1 Å². The van der Waals surface area contributed by atoms with E-state index in [1.165, 1.54) is 0 Å². The van der Waals surface area contributed by atoms with E-state index in [1.807, 2.05) is 0 Å². The molecule has 0 aliphatic carbocycles. The predicted octanol–water partition coefficient (Wildman–Crippen LogP) is -0.577. The zero-order chi connectivity index (χ0) is 13.8. The fourth-order valence-corrected chi connectivity index (χ4v) is 2.41. The van der Waals surface area contributed by atoms with Crippen LogP contribution < -0.4 is 10.2 Å². The Balaban J connectivity index is 0.00000200. The third kappa shape index (κ3) is 4.32. The number of hydrogen-bond acceptors (Lipinski definition) is 7. The van der Waals surface area contributed by atoms with Gasteiger partial charge in [-0.15, -0.1) is 0 Å². The number of carbonyl (C=O) groups is 2. The first-order valence-corrected chi connectivity index (χ1v) is 6.44. The molecule has 20 heavy (non-hydrogen) atoms. The zero-order valence-electron chi connectivity index (χ0n) is 10.4. The smallest absolute Gasteiger partial charge is 0.550 e. The topological polar surface area (TPSA) is 106 Å². The fourth-order valence-electron chi connectivity index (χ4n) is 1.50. The van der Waals surface area contributed by atoms with Gasteiger partial charge >= 0.3 is 19.5 Å². The SMILES string of the molecule is O=C([O-])CC(CSc1nc2ccccc2o1)C(=O)[O-].[Zn+2]. The Morgan fingerprint density at radius 3 is 2.60 bits per heavy atom. The monoisotopic (exact) mass is 343 g/mol. The summed E-state index contributed by atoms with van der Waals surface area (Å²) >= 11 is 1.03. The molecular weight excluding hydrogens is 336 g/mol. The molecule has 0 spiro atoms. The summed E-state index contributed by atoms with van der Waals surface area (Å²) < 4.78 is 5.38. The minimum absolute atomic E-state index is 0. The molecule has 0 amide bonds. The standard InChI is InChI=1S/C12H11NO5S.Zn/c14-10(15)5-7(11(16)17)6-19-12-13-8-3-1-2-4-9(8)18-12;/h1-4,7H,5-6H2,(H,14,15)(H,16,17);/q;+2/p-2. The van der Waals surface area contributed by atoms with Gasteiger partial charge in [-0.3, -0.25) is 0 Å². The van der Waals surface area contributed by atoms with Crippen LogP contribution in [0, 0.1) is 5.92 Å². The largest absolute Gasteiger partial charge is 2.00 e. The van der Waals surface area contributed by atoms with E-state index in [9.17, 15) is 19.8 Å². The number of carbonyl (C=O) groups excluding carboxylic acids is 2. The normalized spacial score (nSPS) is 11.8. The molecule has 0 fully saturated rings. The van der Waals surface area contributed by atoms with Crippen LogP contribution in [0.1, 0.15) is 6.42 Å². The van der Waals surface area contributed by atoms with Crippen molar-refractivity contribution in [2.45, 2.75) is 11.6 Å². The van der Waals surface area contributed by atoms with Crippen LogP contribution in [-0.4, -0.2) is 22.7 Å². The van der Waals surface area contributed by atoms with E-state index in [0.29, 0.717) is 16.3 Å². The summed E-state index contributed by atoms with van der Waals surface area (Å²) in [6, 6.07) is 7.10. The number of benzene rings is 1. The Bertz CT molecular complexity index is 582. The predicted molar refractivity (Wildman–Crippen MR) is 62.9 cm³/mol. The van der Waals surface area contributed by atoms with E-state index < -0.39 is 24.3 Å². The first-order chi connectivity index (χ1) is 9.06. The van der Waals surface area contributed by atoms with Crippen molar-refractivity contribution in [1.82, 2.24) is 4.98 Å². The fraction of sp³-hybridized carbons (Fsp3) is 0.250. The molecule has 2 rings (SSSR count). The van der Waals surface area contributed by atoms with Crippen LogP contribution in [0.5, 0.6) is 0 Å². The number of rotatable bonds is 6. The molecule has 1 atom stereocenters. The van der Waals surface area contributed by atoms with Crippen molar-refractivity contribution in [3.63, 3.8) is 0 Å². The van der Waals surface area contributed by atoms with Gasteiger partial charge in [0, 0.05) is 23.6 Å². The quantitative estimate of drug-likeness (QED) is 0.510. The van der Waals surface area contributed by atoms with Gasteiger partial charge in [0.2, 0.25) is 0 Å². The third-order valence-electron chi connectivity index (χ3n) is 2.43. The molecule has 0 radical (unpaired) electrons. The number of carboxylic acid groups (broad SMARTS) is 2. The molecule has 0 bridgehead atoms. The summed E-state index contributed by atoms with van der Waals surface area (Å²) in [5.74, 6) is -3.98. The molecule has 0 saturated carbocycles. The van der Waals surface area contributed by atoms with E-state index >= 15 is 0 Å². The minimum atomic E-state index is -1.42. The van der Waals surface area contributed by atoms with Crippen molar-refractivity contribution < 1.29 is 43.7 Å². The zero-order valence-corrected chi connectivity index (χ0v) is 14.2. The molecule has 1 unspecified atom stereocenters. The molecule has 1 heterocycles. The third-order valence-corrected chi connectivity index (χ3v) is 3.42. The molecule has 0 aliphatic rings. The van der Waals surface area contributed by atoms with Gasteiger partial charge in [0.05, 0.1) is 0 Å². The summed E-state index contributed by atoms with van der Waals surface area (Å²) in [5.41, 5.74) is 1.25. The van der Waals surface area contributed by atoms with E-state index in [0.717, 1.165) is 11.8 Å². The van der Waals surface area contributed by atoms with Crippen molar-refractivity contribution in [3.8, 4) is 0 Å².